The van der Waals surface area contributed by atoms with E-state index >= 15 is 0 Å². The van der Waals surface area contributed by atoms with E-state index in [4.69, 9.17) is 0 Å². The van der Waals surface area contributed by atoms with E-state index in [9.17, 15) is 0 Å². The second-order valence-electron chi connectivity index (χ2n) is 5.02. The molecule has 5 heteroatoms. The zero-order valence-corrected chi connectivity index (χ0v) is 12.2. The van der Waals surface area contributed by atoms with Gasteiger partial charge in [0.05, 0.1) is 5.39 Å². The van der Waals surface area contributed by atoms with Gasteiger partial charge in [0.25, 0.3) is 0 Å². The van der Waals surface area contributed by atoms with Crippen molar-refractivity contribution in [2.45, 2.75) is 19.8 Å². The quantitative estimate of drug-likeness (QED) is 0.862. The van der Waals surface area contributed by atoms with Crippen LogP contribution >= 0.6 is 11.3 Å². The van der Waals surface area contributed by atoms with Gasteiger partial charge in [0.15, 0.2) is 0 Å². The lowest BCUT2D eigenvalue weighted by Crippen LogP contribution is -2.31. The second-order valence-corrected chi connectivity index (χ2v) is 5.91. The summed E-state index contributed by atoms with van der Waals surface area (Å²) >= 11 is 1.69. The Morgan fingerprint density at radius 2 is 2.16 bits per heavy atom. The fraction of sp³-hybridized carbons (Fsp3) is 0.571. The van der Waals surface area contributed by atoms with Crippen LogP contribution in [0.25, 0.3) is 10.2 Å². The molecule has 0 atom stereocenters. The van der Waals surface area contributed by atoms with Crippen LogP contribution in [0, 0.1) is 0 Å². The Bertz CT molecular complexity index is 539. The topological polar surface area (TPSA) is 32.3 Å². The van der Waals surface area contributed by atoms with Gasteiger partial charge in [-0.3, -0.25) is 0 Å². The van der Waals surface area contributed by atoms with Crippen molar-refractivity contribution in [2.75, 3.05) is 37.6 Å². The molecular formula is C14H20N4S. The molecule has 0 spiro atoms. The molecule has 1 aliphatic heterocycles. The SMILES string of the molecule is CCCN1CCCN(c2ncnc3sccc23)CC1. The largest absolute Gasteiger partial charge is 0.355 e. The second kappa shape index (κ2) is 5.84. The van der Waals surface area contributed by atoms with Gasteiger partial charge >= 0.3 is 0 Å². The molecule has 2 aromatic rings. The molecule has 0 N–H and O–H groups in total. The summed E-state index contributed by atoms with van der Waals surface area (Å²) in [7, 11) is 0. The van der Waals surface area contributed by atoms with Gasteiger partial charge in [-0.2, -0.15) is 0 Å². The molecule has 4 nitrogen and oxygen atoms in total. The first-order chi connectivity index (χ1) is 9.38. The van der Waals surface area contributed by atoms with E-state index in [1.54, 1.807) is 17.7 Å². The fourth-order valence-electron chi connectivity index (χ4n) is 2.75. The summed E-state index contributed by atoms with van der Waals surface area (Å²) in [5.41, 5.74) is 0. The van der Waals surface area contributed by atoms with Crippen molar-refractivity contribution in [2.24, 2.45) is 0 Å². The Hall–Kier alpha value is -1.20. The van der Waals surface area contributed by atoms with Gasteiger partial charge in [-0.25, -0.2) is 9.97 Å². The molecule has 0 amide bonds. The van der Waals surface area contributed by atoms with E-state index in [-0.39, 0.29) is 0 Å². The molecule has 1 fully saturated rings. The summed E-state index contributed by atoms with van der Waals surface area (Å²) in [5.74, 6) is 1.12. The molecule has 102 valence electrons. The highest BCUT2D eigenvalue weighted by Crippen LogP contribution is 2.27. The molecule has 0 saturated carbocycles. The third kappa shape index (κ3) is 2.72. The summed E-state index contributed by atoms with van der Waals surface area (Å²) in [6.45, 7) is 7.99. The molecule has 0 radical (unpaired) electrons. The van der Waals surface area contributed by atoms with Crippen LogP contribution in [0.1, 0.15) is 19.8 Å². The lowest BCUT2D eigenvalue weighted by Gasteiger charge is -2.22. The highest BCUT2D eigenvalue weighted by molar-refractivity contribution is 7.16. The van der Waals surface area contributed by atoms with Crippen molar-refractivity contribution in [3.63, 3.8) is 0 Å². The minimum Gasteiger partial charge on any atom is -0.355 e. The van der Waals surface area contributed by atoms with Crippen LogP contribution in [-0.2, 0) is 0 Å². The van der Waals surface area contributed by atoms with Crippen LogP contribution in [0.3, 0.4) is 0 Å². The van der Waals surface area contributed by atoms with Gasteiger partial charge in [-0.15, -0.1) is 11.3 Å². The van der Waals surface area contributed by atoms with Crippen molar-refractivity contribution < 1.29 is 0 Å². The number of nitrogens with zero attached hydrogens (tertiary/aromatic N) is 4. The Kier molecular flexibility index (Phi) is 3.94. The van der Waals surface area contributed by atoms with E-state index in [1.165, 1.54) is 31.3 Å². The van der Waals surface area contributed by atoms with E-state index < -0.39 is 0 Å². The Morgan fingerprint density at radius 1 is 1.21 bits per heavy atom. The third-order valence-electron chi connectivity index (χ3n) is 3.67. The maximum Gasteiger partial charge on any atom is 0.140 e. The Balaban J connectivity index is 1.80. The summed E-state index contributed by atoms with van der Waals surface area (Å²) in [4.78, 5) is 14.9. The molecule has 0 unspecified atom stereocenters. The fourth-order valence-corrected chi connectivity index (χ4v) is 3.48. The van der Waals surface area contributed by atoms with Gasteiger partial charge in [0, 0.05) is 19.6 Å². The highest BCUT2D eigenvalue weighted by atomic mass is 32.1. The van der Waals surface area contributed by atoms with Crippen LogP contribution in [0.2, 0.25) is 0 Å². The van der Waals surface area contributed by atoms with E-state index in [0.717, 1.165) is 30.3 Å². The lowest BCUT2D eigenvalue weighted by atomic mass is 10.3. The first kappa shape index (κ1) is 12.8. The summed E-state index contributed by atoms with van der Waals surface area (Å²) in [6, 6.07) is 2.14. The summed E-state index contributed by atoms with van der Waals surface area (Å²) < 4.78 is 0. The molecule has 2 aromatic heterocycles. The van der Waals surface area contributed by atoms with Gasteiger partial charge < -0.3 is 9.80 Å². The zero-order valence-electron chi connectivity index (χ0n) is 11.4. The average molecular weight is 276 g/mol. The molecule has 19 heavy (non-hydrogen) atoms. The van der Waals surface area contributed by atoms with Crippen LogP contribution in [-0.4, -0.2) is 47.6 Å². The van der Waals surface area contributed by atoms with Crippen molar-refractivity contribution in [3.8, 4) is 0 Å². The van der Waals surface area contributed by atoms with E-state index in [0.29, 0.717) is 0 Å². The first-order valence-corrected chi connectivity index (χ1v) is 7.92. The molecule has 3 heterocycles. The molecule has 1 saturated heterocycles. The van der Waals surface area contributed by atoms with Crippen LogP contribution in [0.4, 0.5) is 5.82 Å². The number of anilines is 1. The maximum atomic E-state index is 4.52. The van der Waals surface area contributed by atoms with Crippen LogP contribution in [0.15, 0.2) is 17.8 Å². The number of rotatable bonds is 3. The van der Waals surface area contributed by atoms with E-state index in [1.807, 2.05) is 0 Å². The van der Waals surface area contributed by atoms with Crippen molar-refractivity contribution in [3.05, 3.63) is 17.8 Å². The van der Waals surface area contributed by atoms with Crippen LogP contribution < -0.4 is 4.90 Å². The predicted octanol–water partition coefficient (Wildman–Crippen LogP) is 2.61. The molecule has 3 rings (SSSR count). The Morgan fingerprint density at radius 3 is 3.05 bits per heavy atom. The number of thiophene rings is 1. The maximum absolute atomic E-state index is 4.52. The monoisotopic (exact) mass is 276 g/mol. The van der Waals surface area contributed by atoms with E-state index in [2.05, 4.69) is 38.1 Å². The van der Waals surface area contributed by atoms with Crippen molar-refractivity contribution in [1.29, 1.82) is 0 Å². The summed E-state index contributed by atoms with van der Waals surface area (Å²) in [6.07, 6.45) is 4.15. The smallest absolute Gasteiger partial charge is 0.140 e. The molecular weight excluding hydrogens is 256 g/mol. The van der Waals surface area contributed by atoms with Crippen molar-refractivity contribution in [1.82, 2.24) is 14.9 Å². The Labute approximate surface area is 118 Å². The highest BCUT2D eigenvalue weighted by Gasteiger charge is 2.17. The van der Waals surface area contributed by atoms with Crippen molar-refractivity contribution >= 4 is 27.4 Å². The van der Waals surface area contributed by atoms with Gasteiger partial charge in [0.2, 0.25) is 0 Å². The minimum absolute atomic E-state index is 1.07. The lowest BCUT2D eigenvalue weighted by molar-refractivity contribution is 0.294. The van der Waals surface area contributed by atoms with Gasteiger partial charge in [-0.1, -0.05) is 6.92 Å². The number of hydrogen-bond donors (Lipinski definition) is 0. The minimum atomic E-state index is 1.07. The standard InChI is InChI=1S/C14H20N4S/c1-2-5-17-6-3-7-18(9-8-17)13-12-4-10-19-14(12)16-11-15-13/h4,10-11H,2-3,5-9H2,1H3. The average Bonchev–Trinajstić information content (AvgIpc) is 2.79. The number of aromatic nitrogens is 2. The molecule has 0 aromatic carbocycles. The molecule has 1 aliphatic rings. The summed E-state index contributed by atoms with van der Waals surface area (Å²) in [5, 5.41) is 3.31. The van der Waals surface area contributed by atoms with Gasteiger partial charge in [0.1, 0.15) is 17.0 Å². The molecule has 0 aliphatic carbocycles. The third-order valence-corrected chi connectivity index (χ3v) is 4.49. The normalized spacial score (nSPS) is 17.8. The van der Waals surface area contributed by atoms with Gasteiger partial charge in [-0.05, 0) is 37.4 Å². The molecule has 0 bridgehead atoms. The van der Waals surface area contributed by atoms with Crippen LogP contribution in [0.5, 0.6) is 0 Å². The first-order valence-electron chi connectivity index (χ1n) is 7.04. The predicted molar refractivity (Wildman–Crippen MR) is 81.0 cm³/mol. The number of fused-ring (bicyclic) bond motifs is 1. The zero-order chi connectivity index (χ0) is 13.1. The number of hydrogen-bond acceptors (Lipinski definition) is 5.